The molecule has 0 radical (unpaired) electrons. The Balaban J connectivity index is 2.23. The van der Waals surface area contributed by atoms with Gasteiger partial charge in [-0.15, -0.1) is 0 Å². The van der Waals surface area contributed by atoms with Crippen molar-refractivity contribution in [2.24, 2.45) is 0 Å². The van der Waals surface area contributed by atoms with E-state index in [9.17, 15) is 13.2 Å². The number of hydrogen-bond acceptors (Lipinski definition) is 3. The van der Waals surface area contributed by atoms with E-state index in [2.05, 4.69) is 16.6 Å². The molecule has 1 amide bonds. The van der Waals surface area contributed by atoms with E-state index < -0.39 is 10.0 Å². The zero-order chi connectivity index (χ0) is 13.4. The summed E-state index contributed by atoms with van der Waals surface area (Å²) in [5.74, 6) is -0.165. The Morgan fingerprint density at radius 1 is 1.22 bits per heavy atom. The zero-order valence-corrected chi connectivity index (χ0v) is 10.7. The molecule has 0 unspecified atom stereocenters. The smallest absolute Gasteiger partial charge is 0.251 e. The second-order valence-corrected chi connectivity index (χ2v) is 5.29. The first kappa shape index (κ1) is 14.4. The van der Waals surface area contributed by atoms with E-state index in [1.54, 1.807) is 24.3 Å². The number of carbonyl (C=O) groups is 1. The maximum absolute atomic E-state index is 11.6. The largest absolute Gasteiger partial charge is 0.352 e. The molecule has 0 aliphatic rings. The Morgan fingerprint density at radius 3 is 2.50 bits per heavy atom. The molecular weight excluding hydrogens is 252 g/mol. The van der Waals surface area contributed by atoms with Crippen LogP contribution in [0.3, 0.4) is 0 Å². The molecule has 98 valence electrons. The van der Waals surface area contributed by atoms with Crippen molar-refractivity contribution >= 4 is 15.9 Å². The molecule has 0 atom stereocenters. The Kier molecular flexibility index (Phi) is 5.54. The molecule has 1 aromatic rings. The lowest BCUT2D eigenvalue weighted by Gasteiger charge is -2.05. The van der Waals surface area contributed by atoms with Crippen molar-refractivity contribution in [3.05, 3.63) is 47.9 Å². The number of carbonyl (C=O) groups excluding carboxylic acids is 1. The first-order chi connectivity index (χ1) is 8.55. The van der Waals surface area contributed by atoms with Gasteiger partial charge in [0.15, 0.2) is 0 Å². The van der Waals surface area contributed by atoms with Gasteiger partial charge in [0.1, 0.15) is 0 Å². The third-order valence-electron chi connectivity index (χ3n) is 2.20. The number of benzene rings is 1. The van der Waals surface area contributed by atoms with Crippen molar-refractivity contribution in [1.82, 2.24) is 10.0 Å². The van der Waals surface area contributed by atoms with Gasteiger partial charge >= 0.3 is 0 Å². The molecule has 0 spiro atoms. The lowest BCUT2D eigenvalue weighted by Crippen LogP contribution is -2.29. The van der Waals surface area contributed by atoms with Crippen LogP contribution in [0, 0.1) is 0 Å². The monoisotopic (exact) mass is 268 g/mol. The summed E-state index contributed by atoms with van der Waals surface area (Å²) in [5.41, 5.74) is 0.587. The summed E-state index contributed by atoms with van der Waals surface area (Å²) in [6.07, 6.45) is 0.519. The van der Waals surface area contributed by atoms with E-state index in [4.69, 9.17) is 0 Å². The normalized spacial score (nSPS) is 10.9. The zero-order valence-electron chi connectivity index (χ0n) is 9.93. The lowest BCUT2D eigenvalue weighted by atomic mass is 10.2. The predicted molar refractivity (Wildman–Crippen MR) is 70.5 cm³/mol. The topological polar surface area (TPSA) is 75.3 Å². The second kappa shape index (κ2) is 6.93. The van der Waals surface area contributed by atoms with Gasteiger partial charge < -0.3 is 5.32 Å². The molecule has 6 heteroatoms. The Bertz CT molecular complexity index is 497. The quantitative estimate of drug-likeness (QED) is 0.720. The summed E-state index contributed by atoms with van der Waals surface area (Å²) < 4.78 is 24.3. The number of hydrogen-bond donors (Lipinski definition) is 2. The van der Waals surface area contributed by atoms with E-state index in [1.807, 2.05) is 6.07 Å². The lowest BCUT2D eigenvalue weighted by molar-refractivity contribution is 0.0953. The fourth-order valence-electron chi connectivity index (χ4n) is 1.26. The molecule has 0 aliphatic heterocycles. The minimum absolute atomic E-state index is 0.165. The van der Waals surface area contributed by atoms with Crippen molar-refractivity contribution in [2.75, 3.05) is 13.1 Å². The molecule has 0 aliphatic carbocycles. The Morgan fingerprint density at radius 2 is 1.89 bits per heavy atom. The van der Waals surface area contributed by atoms with Gasteiger partial charge in [-0.25, -0.2) is 13.1 Å². The maximum Gasteiger partial charge on any atom is 0.251 e. The van der Waals surface area contributed by atoms with Crippen LogP contribution in [0.5, 0.6) is 0 Å². The molecular formula is C12H16N2O3S. The van der Waals surface area contributed by atoms with Crippen LogP contribution in [0.25, 0.3) is 0 Å². The number of rotatable bonds is 7. The predicted octanol–water partition coefficient (Wildman–Crippen LogP) is 0.869. The molecule has 5 nitrogen and oxygen atoms in total. The van der Waals surface area contributed by atoms with Gasteiger partial charge in [-0.1, -0.05) is 24.8 Å². The van der Waals surface area contributed by atoms with Crippen molar-refractivity contribution < 1.29 is 13.2 Å². The van der Waals surface area contributed by atoms with Crippen LogP contribution in [-0.2, 0) is 10.0 Å². The third-order valence-corrected chi connectivity index (χ3v) is 3.24. The highest BCUT2D eigenvalue weighted by Gasteiger charge is 2.04. The van der Waals surface area contributed by atoms with Crippen LogP contribution in [-0.4, -0.2) is 27.4 Å². The molecule has 18 heavy (non-hydrogen) atoms. The van der Waals surface area contributed by atoms with Crippen LogP contribution < -0.4 is 10.0 Å². The molecule has 2 N–H and O–H groups in total. The van der Waals surface area contributed by atoms with E-state index >= 15 is 0 Å². The van der Waals surface area contributed by atoms with Crippen LogP contribution in [0.4, 0.5) is 0 Å². The minimum Gasteiger partial charge on any atom is -0.352 e. The highest BCUT2D eigenvalue weighted by Crippen LogP contribution is 1.97. The standard InChI is InChI=1S/C12H16N2O3S/c1-2-18(16,17)14-10-6-9-13-12(15)11-7-4-3-5-8-11/h2-5,7-8,14H,1,6,9-10H2,(H,13,15). The average molecular weight is 268 g/mol. The van der Waals surface area contributed by atoms with E-state index in [0.29, 0.717) is 18.5 Å². The van der Waals surface area contributed by atoms with Gasteiger partial charge in [0.05, 0.1) is 0 Å². The van der Waals surface area contributed by atoms with Crippen molar-refractivity contribution in [3.63, 3.8) is 0 Å². The van der Waals surface area contributed by atoms with Crippen LogP contribution in [0.2, 0.25) is 0 Å². The summed E-state index contributed by atoms with van der Waals surface area (Å²) in [5, 5.41) is 3.56. The highest BCUT2D eigenvalue weighted by molar-refractivity contribution is 7.92. The third kappa shape index (κ3) is 5.11. The van der Waals surface area contributed by atoms with E-state index in [-0.39, 0.29) is 12.5 Å². The maximum atomic E-state index is 11.6. The van der Waals surface area contributed by atoms with Crippen LogP contribution in [0.15, 0.2) is 42.3 Å². The number of sulfonamides is 1. The van der Waals surface area contributed by atoms with Crippen molar-refractivity contribution in [3.8, 4) is 0 Å². The minimum atomic E-state index is -3.37. The summed E-state index contributed by atoms with van der Waals surface area (Å²) in [7, 11) is -3.37. The highest BCUT2D eigenvalue weighted by atomic mass is 32.2. The van der Waals surface area contributed by atoms with Crippen molar-refractivity contribution in [1.29, 1.82) is 0 Å². The fraction of sp³-hybridized carbons (Fsp3) is 0.250. The summed E-state index contributed by atoms with van der Waals surface area (Å²) in [6.45, 7) is 3.86. The second-order valence-electron chi connectivity index (χ2n) is 3.58. The van der Waals surface area contributed by atoms with Gasteiger partial charge in [-0.3, -0.25) is 4.79 Å². The molecule has 0 fully saturated rings. The van der Waals surface area contributed by atoms with Gasteiger partial charge in [-0.2, -0.15) is 0 Å². The molecule has 1 rings (SSSR count). The first-order valence-corrected chi connectivity index (χ1v) is 7.05. The number of amides is 1. The SMILES string of the molecule is C=CS(=O)(=O)NCCCNC(=O)c1ccccc1. The first-order valence-electron chi connectivity index (χ1n) is 5.50. The molecule has 0 heterocycles. The Labute approximate surface area is 107 Å². The van der Waals surface area contributed by atoms with Crippen LogP contribution >= 0.6 is 0 Å². The van der Waals surface area contributed by atoms with Crippen LogP contribution in [0.1, 0.15) is 16.8 Å². The summed E-state index contributed by atoms with van der Waals surface area (Å²) in [4.78, 5) is 11.6. The summed E-state index contributed by atoms with van der Waals surface area (Å²) >= 11 is 0. The van der Waals surface area contributed by atoms with Crippen molar-refractivity contribution in [2.45, 2.75) is 6.42 Å². The molecule has 0 bridgehead atoms. The van der Waals surface area contributed by atoms with Gasteiger partial charge in [0.25, 0.3) is 5.91 Å². The fourth-order valence-corrected chi connectivity index (χ4v) is 1.80. The molecule has 0 saturated carbocycles. The van der Waals surface area contributed by atoms with E-state index in [1.165, 1.54) is 0 Å². The van der Waals surface area contributed by atoms with Gasteiger partial charge in [-0.05, 0) is 18.6 Å². The Hall–Kier alpha value is -1.66. The molecule has 1 aromatic carbocycles. The number of nitrogens with one attached hydrogen (secondary N) is 2. The van der Waals surface area contributed by atoms with Gasteiger partial charge in [0.2, 0.25) is 10.0 Å². The van der Waals surface area contributed by atoms with Gasteiger partial charge in [0, 0.05) is 24.1 Å². The molecule has 0 aromatic heterocycles. The summed E-state index contributed by atoms with van der Waals surface area (Å²) in [6, 6.07) is 8.84. The van der Waals surface area contributed by atoms with E-state index in [0.717, 1.165) is 5.41 Å². The molecule has 0 saturated heterocycles. The average Bonchev–Trinajstić information content (AvgIpc) is 2.39.